The summed E-state index contributed by atoms with van der Waals surface area (Å²) in [6.45, 7) is 0.273. The first-order valence-electron chi connectivity index (χ1n) is 9.63. The van der Waals surface area contributed by atoms with E-state index in [9.17, 15) is 19.2 Å². The predicted molar refractivity (Wildman–Crippen MR) is 100 cm³/mol. The van der Waals surface area contributed by atoms with E-state index >= 15 is 0 Å². The number of amides is 3. The molecule has 146 valence electrons. The van der Waals surface area contributed by atoms with Crippen molar-refractivity contribution in [2.24, 2.45) is 23.7 Å². The lowest BCUT2D eigenvalue weighted by atomic mass is 9.63. The van der Waals surface area contributed by atoms with E-state index in [2.05, 4.69) is 17.5 Å². The number of allylic oxidation sites excluding steroid dienone is 2. The fourth-order valence-electron chi connectivity index (χ4n) is 4.63. The second-order valence-electron chi connectivity index (χ2n) is 7.65. The Bertz CT molecular complexity index is 828. The Morgan fingerprint density at radius 2 is 1.57 bits per heavy atom. The quantitative estimate of drug-likeness (QED) is 0.445. The zero-order valence-corrected chi connectivity index (χ0v) is 15.3. The molecule has 4 aliphatic rings. The minimum absolute atomic E-state index is 0.00240. The fraction of sp³-hybridized carbons (Fsp3) is 0.429. The molecule has 2 bridgehead atoms. The largest absolute Gasteiger partial charge is 0.481 e. The summed E-state index contributed by atoms with van der Waals surface area (Å²) in [4.78, 5) is 49.8. The Morgan fingerprint density at radius 3 is 2.07 bits per heavy atom. The van der Waals surface area contributed by atoms with E-state index in [0.29, 0.717) is 17.7 Å². The molecule has 0 aromatic heterocycles. The van der Waals surface area contributed by atoms with E-state index in [1.165, 1.54) is 4.90 Å². The summed E-state index contributed by atoms with van der Waals surface area (Å²) in [7, 11) is 0. The lowest BCUT2D eigenvalue weighted by Gasteiger charge is -2.38. The van der Waals surface area contributed by atoms with Gasteiger partial charge >= 0.3 is 5.97 Å². The second kappa shape index (κ2) is 7.22. The molecule has 1 aromatic carbocycles. The first-order valence-corrected chi connectivity index (χ1v) is 9.63. The average molecular weight is 382 g/mol. The molecular weight excluding hydrogens is 360 g/mol. The standard InChI is InChI=1S/C21H22N2O5/c24-16(25)2-1-11-22-19(26)14-7-9-15(10-8-14)23-20(27)17-12-3-4-13(6-5-12)18(17)21(23)28/h3-4,7-10,12-13,17-18H,1-2,5-6,11H2,(H,22,26)(H,24,25). The van der Waals surface area contributed by atoms with Crippen molar-refractivity contribution >= 4 is 29.4 Å². The highest BCUT2D eigenvalue weighted by Crippen LogP contribution is 2.50. The van der Waals surface area contributed by atoms with Gasteiger partial charge in [-0.05, 0) is 55.4 Å². The van der Waals surface area contributed by atoms with Crippen LogP contribution in [0.4, 0.5) is 5.69 Å². The van der Waals surface area contributed by atoms with E-state index in [0.717, 1.165) is 12.8 Å². The molecule has 7 nitrogen and oxygen atoms in total. The number of carbonyl (C=O) groups is 4. The van der Waals surface area contributed by atoms with E-state index in [-0.39, 0.29) is 54.4 Å². The van der Waals surface area contributed by atoms with Gasteiger partial charge in [0, 0.05) is 18.5 Å². The maximum atomic E-state index is 12.9. The summed E-state index contributed by atoms with van der Waals surface area (Å²) in [6, 6.07) is 6.40. The molecule has 1 saturated carbocycles. The maximum absolute atomic E-state index is 12.9. The first-order chi connectivity index (χ1) is 13.5. The molecule has 7 heteroatoms. The second-order valence-corrected chi connectivity index (χ2v) is 7.65. The van der Waals surface area contributed by atoms with Crippen molar-refractivity contribution in [3.8, 4) is 0 Å². The van der Waals surface area contributed by atoms with Gasteiger partial charge in [0.25, 0.3) is 5.91 Å². The molecule has 1 heterocycles. The van der Waals surface area contributed by atoms with Crippen LogP contribution < -0.4 is 10.2 Å². The highest BCUT2D eigenvalue weighted by Gasteiger charge is 2.56. The molecule has 0 spiro atoms. The van der Waals surface area contributed by atoms with Crippen LogP contribution in [0.3, 0.4) is 0 Å². The van der Waals surface area contributed by atoms with Gasteiger partial charge in [-0.2, -0.15) is 0 Å². The molecule has 1 saturated heterocycles. The topological polar surface area (TPSA) is 104 Å². The van der Waals surface area contributed by atoms with Crippen LogP contribution in [0, 0.1) is 23.7 Å². The van der Waals surface area contributed by atoms with Crippen LogP contribution >= 0.6 is 0 Å². The van der Waals surface area contributed by atoms with Crippen LogP contribution in [-0.4, -0.2) is 35.3 Å². The van der Waals surface area contributed by atoms with E-state index in [4.69, 9.17) is 5.11 Å². The van der Waals surface area contributed by atoms with Gasteiger partial charge in [0.2, 0.25) is 11.8 Å². The first kappa shape index (κ1) is 18.4. The number of fused-ring (bicyclic) bond motifs is 1. The molecule has 4 atom stereocenters. The van der Waals surface area contributed by atoms with Gasteiger partial charge in [0.05, 0.1) is 17.5 Å². The number of hydrogen-bond acceptors (Lipinski definition) is 4. The molecule has 0 radical (unpaired) electrons. The van der Waals surface area contributed by atoms with Crippen molar-refractivity contribution < 1.29 is 24.3 Å². The van der Waals surface area contributed by atoms with E-state index in [1.54, 1.807) is 24.3 Å². The number of nitrogens with zero attached hydrogens (tertiary/aromatic N) is 1. The third-order valence-corrected chi connectivity index (χ3v) is 6.00. The number of nitrogens with one attached hydrogen (secondary N) is 1. The van der Waals surface area contributed by atoms with E-state index in [1.807, 2.05) is 0 Å². The molecule has 1 aromatic rings. The Labute approximate surface area is 162 Å². The minimum Gasteiger partial charge on any atom is -0.481 e. The number of rotatable bonds is 6. The highest BCUT2D eigenvalue weighted by atomic mass is 16.4. The molecule has 28 heavy (non-hydrogen) atoms. The predicted octanol–water partition coefficient (Wildman–Crippen LogP) is 1.98. The monoisotopic (exact) mass is 382 g/mol. The zero-order chi connectivity index (χ0) is 19.8. The van der Waals surface area contributed by atoms with Crippen LogP contribution in [0.2, 0.25) is 0 Å². The number of carbonyl (C=O) groups excluding carboxylic acids is 3. The number of aliphatic carboxylic acids is 1. The number of anilines is 1. The normalized spacial score (nSPS) is 27.8. The van der Waals surface area contributed by atoms with Crippen molar-refractivity contribution in [3.05, 3.63) is 42.0 Å². The number of carboxylic acids is 1. The third kappa shape index (κ3) is 3.10. The van der Waals surface area contributed by atoms with Crippen LogP contribution in [0.5, 0.6) is 0 Å². The minimum atomic E-state index is -0.900. The average Bonchev–Trinajstić information content (AvgIpc) is 2.99. The van der Waals surface area contributed by atoms with Crippen LogP contribution in [-0.2, 0) is 14.4 Å². The molecule has 2 N–H and O–H groups in total. The van der Waals surface area contributed by atoms with Crippen molar-refractivity contribution in [1.29, 1.82) is 0 Å². The fourth-order valence-corrected chi connectivity index (χ4v) is 4.63. The van der Waals surface area contributed by atoms with Gasteiger partial charge in [-0.1, -0.05) is 12.2 Å². The third-order valence-electron chi connectivity index (χ3n) is 6.00. The summed E-state index contributed by atoms with van der Waals surface area (Å²) < 4.78 is 0. The smallest absolute Gasteiger partial charge is 0.303 e. The van der Waals surface area contributed by atoms with Crippen LogP contribution in [0.1, 0.15) is 36.0 Å². The Balaban J connectivity index is 1.44. The molecule has 2 fully saturated rings. The van der Waals surface area contributed by atoms with Gasteiger partial charge in [0.15, 0.2) is 0 Å². The van der Waals surface area contributed by atoms with Gasteiger partial charge in [-0.15, -0.1) is 0 Å². The number of benzene rings is 1. The lowest BCUT2D eigenvalue weighted by Crippen LogP contribution is -2.38. The molecule has 4 unspecified atom stereocenters. The highest BCUT2D eigenvalue weighted by molar-refractivity contribution is 6.22. The Morgan fingerprint density at radius 1 is 1.00 bits per heavy atom. The van der Waals surface area contributed by atoms with Crippen molar-refractivity contribution in [2.75, 3.05) is 11.4 Å². The molecule has 3 aliphatic carbocycles. The molecule has 3 amide bonds. The SMILES string of the molecule is O=C(O)CCCNC(=O)c1ccc(N2C(=O)C3C4C=CC(CC4)C3C2=O)cc1. The summed E-state index contributed by atoms with van der Waals surface area (Å²) in [5.41, 5.74) is 0.892. The van der Waals surface area contributed by atoms with Crippen LogP contribution in [0.25, 0.3) is 0 Å². The summed E-state index contributed by atoms with van der Waals surface area (Å²) in [5.74, 6) is -1.71. The summed E-state index contributed by atoms with van der Waals surface area (Å²) in [5, 5.41) is 11.3. The van der Waals surface area contributed by atoms with E-state index < -0.39 is 5.97 Å². The van der Waals surface area contributed by atoms with Gasteiger partial charge in [0.1, 0.15) is 0 Å². The van der Waals surface area contributed by atoms with Gasteiger partial charge < -0.3 is 10.4 Å². The Kier molecular flexibility index (Phi) is 4.75. The van der Waals surface area contributed by atoms with Gasteiger partial charge in [-0.25, -0.2) is 0 Å². The maximum Gasteiger partial charge on any atom is 0.303 e. The van der Waals surface area contributed by atoms with Crippen molar-refractivity contribution in [2.45, 2.75) is 25.7 Å². The molecular formula is C21H22N2O5. The van der Waals surface area contributed by atoms with Crippen molar-refractivity contribution in [1.82, 2.24) is 5.32 Å². The lowest BCUT2D eigenvalue weighted by molar-refractivity contribution is -0.137. The number of imide groups is 1. The summed E-state index contributed by atoms with van der Waals surface area (Å²) in [6.07, 6.45) is 6.43. The molecule has 5 rings (SSSR count). The molecule has 1 aliphatic heterocycles. The van der Waals surface area contributed by atoms with Crippen LogP contribution in [0.15, 0.2) is 36.4 Å². The van der Waals surface area contributed by atoms with Crippen molar-refractivity contribution in [3.63, 3.8) is 0 Å². The van der Waals surface area contributed by atoms with Gasteiger partial charge in [-0.3, -0.25) is 24.1 Å². The Hall–Kier alpha value is -2.96. The summed E-state index contributed by atoms with van der Waals surface area (Å²) >= 11 is 0. The zero-order valence-electron chi connectivity index (χ0n) is 15.3. The number of hydrogen-bond donors (Lipinski definition) is 2. The number of carboxylic acid groups (broad SMARTS) is 1.